The predicted molar refractivity (Wildman–Crippen MR) is 71.7 cm³/mol. The van der Waals surface area contributed by atoms with E-state index in [9.17, 15) is 0 Å². The van der Waals surface area contributed by atoms with Crippen LogP contribution in [0.25, 0.3) is 0 Å². The Kier molecular flexibility index (Phi) is 10.5. The summed E-state index contributed by atoms with van der Waals surface area (Å²) in [6.07, 6.45) is 16.1. The van der Waals surface area contributed by atoms with Crippen LogP contribution in [0.2, 0.25) is 0 Å². The van der Waals surface area contributed by atoms with Gasteiger partial charge in [-0.15, -0.1) is 0 Å². The topological polar surface area (TPSA) is 40.5 Å². The van der Waals surface area contributed by atoms with Crippen LogP contribution in [-0.4, -0.2) is 28.1 Å². The van der Waals surface area contributed by atoms with Gasteiger partial charge in [-0.05, 0) is 0 Å². The molecule has 3 heteroatoms. The summed E-state index contributed by atoms with van der Waals surface area (Å²) >= 11 is -1.44. The number of allylic oxidation sites excluding steroid dienone is 8. The van der Waals surface area contributed by atoms with Crippen molar-refractivity contribution in [3.05, 3.63) is 43.0 Å². The molecule has 2 nitrogen and oxygen atoms in total. The maximum atomic E-state index is 7.00. The number of rotatable bonds is 2. The van der Waals surface area contributed by atoms with E-state index in [1.807, 2.05) is 0 Å². The van der Waals surface area contributed by atoms with Crippen molar-refractivity contribution in [1.82, 2.24) is 0 Å². The molecule has 0 bridgehead atoms. The first kappa shape index (κ1) is 16.6. The Balaban J connectivity index is 0.000000581. The van der Waals surface area contributed by atoms with Crippen molar-refractivity contribution in [1.29, 1.82) is 0 Å². The molecule has 0 aromatic carbocycles. The molecule has 2 N–H and O–H groups in total. The fourth-order valence-electron chi connectivity index (χ4n) is 1.87. The predicted octanol–water partition coefficient (Wildman–Crippen LogP) is 2.33. The summed E-state index contributed by atoms with van der Waals surface area (Å²) in [4.78, 5) is 0. The van der Waals surface area contributed by atoms with Gasteiger partial charge in [0.2, 0.25) is 0 Å². The zero-order valence-electron chi connectivity index (χ0n) is 10.9. The first-order valence-corrected chi connectivity index (χ1v) is 9.57. The Bertz CT molecular complexity index is 328. The Morgan fingerprint density at radius 3 is 1.59 bits per heavy atom. The third-order valence-electron chi connectivity index (χ3n) is 2.52. The fourth-order valence-corrected chi connectivity index (χ4v) is 7.72. The monoisotopic (exact) mass is 312 g/mol. The average Bonchev–Trinajstić information content (AvgIpc) is 3.08. The maximum absolute atomic E-state index is 7.00. The van der Waals surface area contributed by atoms with Crippen LogP contribution in [-0.2, 0) is 21.3 Å². The molecule has 0 unspecified atom stereocenters. The molecular formula is C14H22O2Zr. The molecule has 2 aliphatic rings. The number of aliphatic hydroxyl groups is 2. The van der Waals surface area contributed by atoms with E-state index in [2.05, 4.69) is 47.1 Å². The van der Waals surface area contributed by atoms with Gasteiger partial charge in [0.25, 0.3) is 0 Å². The van der Waals surface area contributed by atoms with Crippen molar-refractivity contribution in [2.75, 3.05) is 14.2 Å². The molecule has 0 saturated heterocycles. The van der Waals surface area contributed by atoms with Gasteiger partial charge in [-0.2, -0.15) is 0 Å². The first-order valence-electron chi connectivity index (χ1n) is 5.69. The van der Waals surface area contributed by atoms with Gasteiger partial charge in [0.05, 0.1) is 0 Å². The third-order valence-corrected chi connectivity index (χ3v) is 9.17. The van der Waals surface area contributed by atoms with Crippen LogP contribution in [0.1, 0.15) is 19.8 Å². The van der Waals surface area contributed by atoms with E-state index in [1.165, 1.54) is 12.8 Å². The van der Waals surface area contributed by atoms with Crippen molar-refractivity contribution >= 4 is 3.71 Å². The van der Waals surface area contributed by atoms with E-state index in [0.29, 0.717) is 0 Å². The van der Waals surface area contributed by atoms with Gasteiger partial charge in [0.1, 0.15) is 0 Å². The van der Waals surface area contributed by atoms with Gasteiger partial charge in [-0.3, -0.25) is 0 Å². The van der Waals surface area contributed by atoms with Crippen molar-refractivity contribution < 1.29 is 31.5 Å². The quantitative estimate of drug-likeness (QED) is 0.821. The summed E-state index contributed by atoms with van der Waals surface area (Å²) < 4.78 is 5.97. The normalized spacial score (nSPS) is 15.1. The average molecular weight is 314 g/mol. The molecule has 94 valence electrons. The van der Waals surface area contributed by atoms with Crippen LogP contribution in [0.3, 0.4) is 0 Å². The zero-order valence-corrected chi connectivity index (χ0v) is 13.3. The van der Waals surface area contributed by atoms with Gasteiger partial charge in [-0.1, -0.05) is 0 Å². The van der Waals surface area contributed by atoms with Gasteiger partial charge < -0.3 is 10.2 Å². The van der Waals surface area contributed by atoms with E-state index in [4.69, 9.17) is 10.2 Å². The minimum atomic E-state index is -1.44. The van der Waals surface area contributed by atoms with Crippen LogP contribution in [0.5, 0.6) is 0 Å². The number of hydrogen-bond donors (Lipinski definition) is 2. The summed E-state index contributed by atoms with van der Waals surface area (Å²) in [5, 5.41) is 14.0. The van der Waals surface area contributed by atoms with Crippen LogP contribution in [0.15, 0.2) is 43.0 Å². The number of hydrogen-bond acceptors (Lipinski definition) is 2. The van der Waals surface area contributed by atoms with E-state index < -0.39 is 21.3 Å². The molecule has 0 amide bonds. The standard InChI is InChI=1S/2C5H5.C2H4.2CH4O.Zr/c2*1-2-4-5-3-1;3*1-2;/h2*1-3H,4H2;1H,2H3;2*2H,1H3;. The Morgan fingerprint density at radius 2 is 1.35 bits per heavy atom. The van der Waals surface area contributed by atoms with Gasteiger partial charge in [-0.25, -0.2) is 0 Å². The van der Waals surface area contributed by atoms with Crippen LogP contribution < -0.4 is 0 Å². The molecule has 2 aliphatic carbocycles. The van der Waals surface area contributed by atoms with Crippen LogP contribution >= 0.6 is 0 Å². The molecule has 0 fully saturated rings. The molecule has 0 spiro atoms. The van der Waals surface area contributed by atoms with E-state index in [0.717, 1.165) is 14.2 Å². The molecule has 0 saturated carbocycles. The van der Waals surface area contributed by atoms with Gasteiger partial charge in [0, 0.05) is 14.2 Å². The van der Waals surface area contributed by atoms with Gasteiger partial charge in [0.15, 0.2) is 0 Å². The first-order chi connectivity index (χ1) is 8.42. The summed E-state index contributed by atoms with van der Waals surface area (Å²) in [6.45, 7) is 2.24. The SMILES string of the molecule is CO.CO.C[CH]=[Zr]([C]1=CC=CC1)[C]1=CC=CC1. The van der Waals surface area contributed by atoms with Crippen LogP contribution in [0, 0.1) is 0 Å². The van der Waals surface area contributed by atoms with E-state index in [-0.39, 0.29) is 0 Å². The van der Waals surface area contributed by atoms with Crippen LogP contribution in [0.4, 0.5) is 0 Å². The van der Waals surface area contributed by atoms with Crippen molar-refractivity contribution in [2.45, 2.75) is 19.8 Å². The Labute approximate surface area is 112 Å². The summed E-state index contributed by atoms with van der Waals surface area (Å²) in [7, 11) is 2.00. The molecule has 0 atom stereocenters. The van der Waals surface area contributed by atoms with E-state index in [1.54, 1.807) is 6.56 Å². The summed E-state index contributed by atoms with van der Waals surface area (Å²) in [6, 6.07) is 0. The number of aliphatic hydroxyl groups excluding tert-OH is 2. The van der Waals surface area contributed by atoms with Gasteiger partial charge >= 0.3 is 87.8 Å². The molecule has 0 aromatic rings. The second-order valence-corrected chi connectivity index (χ2v) is 9.96. The zero-order chi connectivity index (χ0) is 13.1. The fraction of sp³-hybridized carbons (Fsp3) is 0.357. The van der Waals surface area contributed by atoms with Crippen molar-refractivity contribution in [2.24, 2.45) is 0 Å². The second kappa shape index (κ2) is 10.8. The third kappa shape index (κ3) is 5.20. The summed E-state index contributed by atoms with van der Waals surface area (Å²) in [5.74, 6) is 0. The molecule has 17 heavy (non-hydrogen) atoms. The molecule has 0 aliphatic heterocycles. The Hall–Kier alpha value is -0.367. The van der Waals surface area contributed by atoms with Crippen molar-refractivity contribution in [3.8, 4) is 0 Å². The van der Waals surface area contributed by atoms with Crippen molar-refractivity contribution in [3.63, 3.8) is 0 Å². The molecular weight excluding hydrogens is 291 g/mol. The van der Waals surface area contributed by atoms with E-state index >= 15 is 0 Å². The molecule has 0 heterocycles. The second-order valence-electron chi connectivity index (χ2n) is 3.35. The summed E-state index contributed by atoms with van der Waals surface area (Å²) in [5.41, 5.74) is 0. The Morgan fingerprint density at radius 1 is 0.941 bits per heavy atom. The molecule has 0 radical (unpaired) electrons. The minimum absolute atomic E-state index is 1.00. The molecule has 2 rings (SSSR count). The molecule has 0 aromatic heterocycles.